The second-order valence-corrected chi connectivity index (χ2v) is 5.60. The Kier molecular flexibility index (Phi) is 4.75. The zero-order chi connectivity index (χ0) is 14.5. The van der Waals surface area contributed by atoms with Crippen LogP contribution in [0.5, 0.6) is 0 Å². The number of aromatic nitrogens is 2. The quantitative estimate of drug-likeness (QED) is 0.853. The van der Waals surface area contributed by atoms with E-state index < -0.39 is 0 Å². The van der Waals surface area contributed by atoms with E-state index in [1.54, 1.807) is 12.1 Å². The van der Waals surface area contributed by atoms with Gasteiger partial charge in [0, 0.05) is 5.56 Å². The summed E-state index contributed by atoms with van der Waals surface area (Å²) in [5.41, 5.74) is 1.59. The lowest BCUT2D eigenvalue weighted by Gasteiger charge is -2.07. The van der Waals surface area contributed by atoms with E-state index in [4.69, 9.17) is 12.2 Å². The molecule has 0 radical (unpaired) electrons. The number of benzene rings is 1. The van der Waals surface area contributed by atoms with Gasteiger partial charge in [-0.25, -0.2) is 0 Å². The number of amides is 1. The molecular weight excluding hydrogens is 292 g/mol. The van der Waals surface area contributed by atoms with E-state index in [0.29, 0.717) is 10.7 Å². The molecule has 104 valence electrons. The van der Waals surface area contributed by atoms with Crippen molar-refractivity contribution in [2.45, 2.75) is 20.3 Å². The number of hydrogen-bond acceptors (Lipinski definition) is 5. The van der Waals surface area contributed by atoms with Gasteiger partial charge in [-0.2, -0.15) is 0 Å². The maximum absolute atomic E-state index is 12.0. The average Bonchev–Trinajstić information content (AvgIpc) is 2.86. The second kappa shape index (κ2) is 6.53. The van der Waals surface area contributed by atoms with Crippen LogP contribution >= 0.6 is 23.6 Å². The molecule has 0 aliphatic carbocycles. The molecule has 7 heteroatoms. The first kappa shape index (κ1) is 14.5. The van der Waals surface area contributed by atoms with Crippen LogP contribution in [0.3, 0.4) is 0 Å². The number of thiocarbonyl (C=S) groups is 1. The summed E-state index contributed by atoms with van der Waals surface area (Å²) in [7, 11) is 0. The fourth-order valence-electron chi connectivity index (χ4n) is 1.54. The van der Waals surface area contributed by atoms with Crippen LogP contribution < -0.4 is 10.6 Å². The minimum Gasteiger partial charge on any atom is -0.307 e. The highest BCUT2D eigenvalue weighted by Crippen LogP contribution is 2.15. The van der Waals surface area contributed by atoms with Gasteiger partial charge in [-0.1, -0.05) is 36.0 Å². The summed E-state index contributed by atoms with van der Waals surface area (Å²) >= 11 is 6.50. The molecule has 2 aromatic rings. The van der Waals surface area contributed by atoms with Crippen molar-refractivity contribution in [2.24, 2.45) is 0 Å². The Labute approximate surface area is 126 Å². The third-order valence-electron chi connectivity index (χ3n) is 2.50. The maximum Gasteiger partial charge on any atom is 0.257 e. The predicted molar refractivity (Wildman–Crippen MR) is 84.2 cm³/mol. The minimum atomic E-state index is -0.244. The molecule has 0 unspecified atom stereocenters. The lowest BCUT2D eigenvalue weighted by atomic mass is 10.1. The van der Waals surface area contributed by atoms with Crippen molar-refractivity contribution in [2.75, 3.05) is 5.32 Å². The number of carbonyl (C=O) groups is 1. The van der Waals surface area contributed by atoms with E-state index in [1.807, 2.05) is 26.0 Å². The molecule has 0 fully saturated rings. The van der Waals surface area contributed by atoms with Gasteiger partial charge in [-0.3, -0.25) is 10.1 Å². The van der Waals surface area contributed by atoms with Crippen molar-refractivity contribution in [1.82, 2.24) is 15.5 Å². The Morgan fingerprint density at radius 1 is 1.40 bits per heavy atom. The maximum atomic E-state index is 12.0. The van der Waals surface area contributed by atoms with Crippen molar-refractivity contribution in [1.29, 1.82) is 0 Å². The van der Waals surface area contributed by atoms with Gasteiger partial charge in [0.1, 0.15) is 5.01 Å². The number of hydrogen-bond donors (Lipinski definition) is 2. The van der Waals surface area contributed by atoms with E-state index in [2.05, 4.69) is 20.8 Å². The summed E-state index contributed by atoms with van der Waals surface area (Å²) in [6, 6.07) is 7.31. The first-order chi connectivity index (χ1) is 9.58. The normalized spacial score (nSPS) is 10.1. The Hall–Kier alpha value is -1.86. The van der Waals surface area contributed by atoms with Crippen LogP contribution in [0, 0.1) is 6.92 Å². The lowest BCUT2D eigenvalue weighted by Crippen LogP contribution is -2.34. The molecule has 0 aliphatic rings. The fourth-order valence-corrected chi connectivity index (χ4v) is 2.47. The number of nitrogens with zero attached hydrogens (tertiary/aromatic N) is 2. The zero-order valence-electron chi connectivity index (χ0n) is 11.1. The molecule has 0 saturated carbocycles. The molecule has 20 heavy (non-hydrogen) atoms. The minimum absolute atomic E-state index is 0.218. The van der Waals surface area contributed by atoms with E-state index in [1.165, 1.54) is 11.3 Å². The Morgan fingerprint density at radius 3 is 2.85 bits per heavy atom. The number of anilines is 1. The second-order valence-electron chi connectivity index (χ2n) is 4.13. The average molecular weight is 306 g/mol. The fraction of sp³-hybridized carbons (Fsp3) is 0.231. The van der Waals surface area contributed by atoms with Crippen LogP contribution in [0.4, 0.5) is 5.13 Å². The third-order valence-corrected chi connectivity index (χ3v) is 3.68. The number of rotatable bonds is 3. The van der Waals surface area contributed by atoms with E-state index in [9.17, 15) is 4.79 Å². The van der Waals surface area contributed by atoms with Gasteiger partial charge < -0.3 is 5.32 Å². The number of nitrogens with one attached hydrogen (secondary N) is 2. The Bertz CT molecular complexity index is 639. The van der Waals surface area contributed by atoms with E-state index in [0.717, 1.165) is 17.0 Å². The summed E-state index contributed by atoms with van der Waals surface area (Å²) in [5, 5.41) is 15.1. The van der Waals surface area contributed by atoms with Crippen LogP contribution in [0.15, 0.2) is 24.3 Å². The summed E-state index contributed by atoms with van der Waals surface area (Å²) in [6.07, 6.45) is 0.821. The highest BCUT2D eigenvalue weighted by molar-refractivity contribution is 7.80. The first-order valence-electron chi connectivity index (χ1n) is 6.10. The Morgan fingerprint density at radius 2 is 2.20 bits per heavy atom. The van der Waals surface area contributed by atoms with Gasteiger partial charge in [-0.15, -0.1) is 10.2 Å². The molecule has 1 heterocycles. The van der Waals surface area contributed by atoms with Crippen LogP contribution in [0.1, 0.15) is 27.9 Å². The number of carbonyl (C=O) groups excluding carboxylic acids is 1. The van der Waals surface area contributed by atoms with Gasteiger partial charge in [0.25, 0.3) is 5.91 Å². The van der Waals surface area contributed by atoms with Crippen LogP contribution in [-0.4, -0.2) is 21.2 Å². The molecule has 1 amide bonds. The van der Waals surface area contributed by atoms with Gasteiger partial charge in [0.05, 0.1) is 0 Å². The molecule has 5 nitrogen and oxygen atoms in total. The highest BCUT2D eigenvalue weighted by Gasteiger charge is 2.09. The molecule has 1 aromatic carbocycles. The van der Waals surface area contributed by atoms with Crippen molar-refractivity contribution >= 4 is 39.7 Å². The summed E-state index contributed by atoms with van der Waals surface area (Å²) in [6.45, 7) is 3.93. The third kappa shape index (κ3) is 3.82. The van der Waals surface area contributed by atoms with Crippen molar-refractivity contribution in [3.8, 4) is 0 Å². The lowest BCUT2D eigenvalue weighted by molar-refractivity contribution is 0.0977. The molecule has 1 aromatic heterocycles. The van der Waals surface area contributed by atoms with Crippen LogP contribution in [0.25, 0.3) is 0 Å². The molecule has 0 spiro atoms. The molecule has 0 atom stereocenters. The smallest absolute Gasteiger partial charge is 0.257 e. The first-order valence-corrected chi connectivity index (χ1v) is 7.32. The van der Waals surface area contributed by atoms with Gasteiger partial charge in [0.2, 0.25) is 5.13 Å². The summed E-state index contributed by atoms with van der Waals surface area (Å²) in [4.78, 5) is 12.0. The highest BCUT2D eigenvalue weighted by atomic mass is 32.1. The van der Waals surface area contributed by atoms with Crippen molar-refractivity contribution in [3.05, 3.63) is 40.4 Å². The standard InChI is InChI=1S/C13H14N4OS2/c1-3-10-16-17-13(20-10)15-12(19)14-11(18)9-6-4-5-8(2)7-9/h4-7H,3H2,1-2H3,(H2,14,15,17,18,19). The molecule has 0 saturated heterocycles. The zero-order valence-corrected chi connectivity index (χ0v) is 12.8. The van der Waals surface area contributed by atoms with Crippen molar-refractivity contribution in [3.63, 3.8) is 0 Å². The molecular formula is C13H14N4OS2. The molecule has 2 rings (SSSR count). The van der Waals surface area contributed by atoms with E-state index >= 15 is 0 Å². The van der Waals surface area contributed by atoms with E-state index in [-0.39, 0.29) is 11.0 Å². The topological polar surface area (TPSA) is 66.9 Å². The number of aryl methyl sites for hydroxylation is 2. The SMILES string of the molecule is CCc1nnc(NC(=S)NC(=O)c2cccc(C)c2)s1. The predicted octanol–water partition coefficient (Wildman–Crippen LogP) is 2.54. The monoisotopic (exact) mass is 306 g/mol. The van der Waals surface area contributed by atoms with Gasteiger partial charge in [0.15, 0.2) is 5.11 Å². The largest absolute Gasteiger partial charge is 0.307 e. The molecule has 2 N–H and O–H groups in total. The van der Waals surface area contributed by atoms with Crippen LogP contribution in [0.2, 0.25) is 0 Å². The van der Waals surface area contributed by atoms with Gasteiger partial charge in [-0.05, 0) is 37.7 Å². The molecule has 0 bridgehead atoms. The van der Waals surface area contributed by atoms with Crippen molar-refractivity contribution < 1.29 is 4.79 Å². The Balaban J connectivity index is 1.95. The van der Waals surface area contributed by atoms with Crippen LogP contribution in [-0.2, 0) is 6.42 Å². The molecule has 0 aliphatic heterocycles. The summed E-state index contributed by atoms with van der Waals surface area (Å²) < 4.78 is 0. The summed E-state index contributed by atoms with van der Waals surface area (Å²) in [5.74, 6) is -0.244. The van der Waals surface area contributed by atoms with Gasteiger partial charge >= 0.3 is 0 Å².